The Hall–Kier alpha value is -1.06. The standard InChI is InChI=1S/C15H24O3/c1-4-13(3)14-6-8-15(9-7-14)18-12-17-11-10-16-5-2/h6-9,13H,4-5,10-12H2,1-3H3. The third-order valence-electron chi connectivity index (χ3n) is 2.95. The number of hydrogen-bond acceptors (Lipinski definition) is 3. The molecule has 0 aromatic heterocycles. The summed E-state index contributed by atoms with van der Waals surface area (Å²) in [4.78, 5) is 0. The molecule has 1 atom stereocenters. The first-order chi connectivity index (χ1) is 8.77. The summed E-state index contributed by atoms with van der Waals surface area (Å²) >= 11 is 0. The van der Waals surface area contributed by atoms with E-state index in [2.05, 4.69) is 26.0 Å². The summed E-state index contributed by atoms with van der Waals surface area (Å²) in [6.45, 7) is 8.58. The van der Waals surface area contributed by atoms with Gasteiger partial charge in [0.25, 0.3) is 0 Å². The van der Waals surface area contributed by atoms with Gasteiger partial charge in [-0.05, 0) is 37.0 Å². The Bertz CT molecular complexity index is 308. The Morgan fingerprint density at radius 2 is 1.67 bits per heavy atom. The lowest BCUT2D eigenvalue weighted by molar-refractivity contribution is -0.0150. The average molecular weight is 252 g/mol. The maximum atomic E-state index is 5.48. The summed E-state index contributed by atoms with van der Waals surface area (Å²) in [5.41, 5.74) is 1.35. The Morgan fingerprint density at radius 1 is 1.00 bits per heavy atom. The van der Waals surface area contributed by atoms with Gasteiger partial charge in [-0.15, -0.1) is 0 Å². The molecule has 0 fully saturated rings. The van der Waals surface area contributed by atoms with Crippen LogP contribution in [0.1, 0.15) is 38.7 Å². The molecule has 18 heavy (non-hydrogen) atoms. The highest BCUT2D eigenvalue weighted by atomic mass is 16.7. The zero-order chi connectivity index (χ0) is 13.2. The Balaban J connectivity index is 2.22. The van der Waals surface area contributed by atoms with Gasteiger partial charge in [0, 0.05) is 6.61 Å². The molecule has 3 heteroatoms. The summed E-state index contributed by atoms with van der Waals surface area (Å²) in [6, 6.07) is 8.22. The first-order valence-corrected chi connectivity index (χ1v) is 6.66. The van der Waals surface area contributed by atoms with Crippen LogP contribution < -0.4 is 4.74 Å². The first-order valence-electron chi connectivity index (χ1n) is 6.66. The van der Waals surface area contributed by atoms with Gasteiger partial charge in [0.1, 0.15) is 5.75 Å². The SMILES string of the molecule is CCOCCOCOc1ccc(C(C)CC)cc1. The minimum Gasteiger partial charge on any atom is -0.468 e. The van der Waals surface area contributed by atoms with E-state index < -0.39 is 0 Å². The predicted octanol–water partition coefficient (Wildman–Crippen LogP) is 3.59. The van der Waals surface area contributed by atoms with Crippen molar-refractivity contribution < 1.29 is 14.2 Å². The molecule has 0 N–H and O–H groups in total. The predicted molar refractivity (Wildman–Crippen MR) is 73.1 cm³/mol. The minimum atomic E-state index is 0.274. The molecule has 0 heterocycles. The highest BCUT2D eigenvalue weighted by Gasteiger charge is 2.02. The zero-order valence-electron chi connectivity index (χ0n) is 11.6. The highest BCUT2D eigenvalue weighted by Crippen LogP contribution is 2.21. The molecule has 0 aliphatic carbocycles. The van der Waals surface area contributed by atoms with E-state index in [0.29, 0.717) is 19.1 Å². The summed E-state index contributed by atoms with van der Waals surface area (Å²) in [5.74, 6) is 1.44. The maximum Gasteiger partial charge on any atom is 0.189 e. The fraction of sp³-hybridized carbons (Fsp3) is 0.600. The third kappa shape index (κ3) is 5.52. The van der Waals surface area contributed by atoms with E-state index in [0.717, 1.165) is 18.8 Å². The van der Waals surface area contributed by atoms with Gasteiger partial charge in [-0.25, -0.2) is 0 Å². The van der Waals surface area contributed by atoms with Gasteiger partial charge in [0.05, 0.1) is 13.2 Å². The fourth-order valence-electron chi connectivity index (χ4n) is 1.56. The van der Waals surface area contributed by atoms with Crippen molar-refractivity contribution in [3.05, 3.63) is 29.8 Å². The number of benzene rings is 1. The Kier molecular flexibility index (Phi) is 7.46. The molecule has 0 saturated carbocycles. The van der Waals surface area contributed by atoms with Gasteiger partial charge in [-0.2, -0.15) is 0 Å². The molecule has 0 aliphatic rings. The zero-order valence-corrected chi connectivity index (χ0v) is 11.6. The van der Waals surface area contributed by atoms with Crippen molar-refractivity contribution in [2.75, 3.05) is 26.6 Å². The smallest absolute Gasteiger partial charge is 0.189 e. The van der Waals surface area contributed by atoms with E-state index in [9.17, 15) is 0 Å². The van der Waals surface area contributed by atoms with E-state index in [-0.39, 0.29) is 6.79 Å². The van der Waals surface area contributed by atoms with Crippen molar-refractivity contribution >= 4 is 0 Å². The molecule has 0 radical (unpaired) electrons. The summed E-state index contributed by atoms with van der Waals surface area (Å²) < 4.78 is 15.9. The molecular formula is C15H24O3. The highest BCUT2D eigenvalue weighted by molar-refractivity contribution is 5.28. The van der Waals surface area contributed by atoms with Gasteiger partial charge in [0.2, 0.25) is 0 Å². The van der Waals surface area contributed by atoms with Gasteiger partial charge in [-0.3, -0.25) is 0 Å². The average Bonchev–Trinajstić information content (AvgIpc) is 2.42. The third-order valence-corrected chi connectivity index (χ3v) is 2.95. The number of rotatable bonds is 9. The van der Waals surface area contributed by atoms with E-state index >= 15 is 0 Å². The van der Waals surface area contributed by atoms with Gasteiger partial charge < -0.3 is 14.2 Å². The van der Waals surface area contributed by atoms with E-state index in [4.69, 9.17) is 14.2 Å². The summed E-state index contributed by atoms with van der Waals surface area (Å²) in [7, 11) is 0. The number of ether oxygens (including phenoxy) is 3. The van der Waals surface area contributed by atoms with Crippen molar-refractivity contribution in [3.8, 4) is 5.75 Å². The second-order valence-electron chi connectivity index (χ2n) is 4.25. The summed E-state index contributed by atoms with van der Waals surface area (Å²) in [6.07, 6.45) is 1.15. The molecule has 1 rings (SSSR count). The van der Waals surface area contributed by atoms with Crippen LogP contribution in [0.4, 0.5) is 0 Å². The molecule has 0 saturated heterocycles. The van der Waals surface area contributed by atoms with Crippen molar-refractivity contribution in [2.24, 2.45) is 0 Å². The lowest BCUT2D eigenvalue weighted by Gasteiger charge is -2.11. The minimum absolute atomic E-state index is 0.274. The molecule has 0 spiro atoms. The lowest BCUT2D eigenvalue weighted by Crippen LogP contribution is -2.08. The van der Waals surface area contributed by atoms with Crippen LogP contribution in [0.5, 0.6) is 5.75 Å². The van der Waals surface area contributed by atoms with Gasteiger partial charge in [-0.1, -0.05) is 26.0 Å². The fourth-order valence-corrected chi connectivity index (χ4v) is 1.56. The van der Waals surface area contributed by atoms with Crippen molar-refractivity contribution in [1.29, 1.82) is 0 Å². The van der Waals surface area contributed by atoms with E-state index in [1.165, 1.54) is 5.56 Å². The van der Waals surface area contributed by atoms with E-state index in [1.54, 1.807) is 0 Å². The van der Waals surface area contributed by atoms with Crippen LogP contribution in [0, 0.1) is 0 Å². The molecule has 0 aliphatic heterocycles. The number of hydrogen-bond donors (Lipinski definition) is 0. The van der Waals surface area contributed by atoms with Crippen molar-refractivity contribution in [1.82, 2.24) is 0 Å². The van der Waals surface area contributed by atoms with Gasteiger partial charge >= 0.3 is 0 Å². The second kappa shape index (κ2) is 8.95. The largest absolute Gasteiger partial charge is 0.468 e. The van der Waals surface area contributed by atoms with Gasteiger partial charge in [0.15, 0.2) is 6.79 Å². The van der Waals surface area contributed by atoms with E-state index in [1.807, 2.05) is 19.1 Å². The molecule has 3 nitrogen and oxygen atoms in total. The molecule has 0 amide bonds. The lowest BCUT2D eigenvalue weighted by atomic mass is 9.99. The summed E-state index contributed by atoms with van der Waals surface area (Å²) in [5, 5.41) is 0. The molecular weight excluding hydrogens is 228 g/mol. The first kappa shape index (κ1) is 15.0. The molecule has 1 aromatic carbocycles. The monoisotopic (exact) mass is 252 g/mol. The topological polar surface area (TPSA) is 27.7 Å². The van der Waals surface area contributed by atoms with Crippen molar-refractivity contribution in [3.63, 3.8) is 0 Å². The Labute approximate surface area is 110 Å². The van der Waals surface area contributed by atoms with Crippen LogP contribution in [0.25, 0.3) is 0 Å². The van der Waals surface area contributed by atoms with Crippen LogP contribution in [-0.2, 0) is 9.47 Å². The van der Waals surface area contributed by atoms with Crippen LogP contribution >= 0.6 is 0 Å². The van der Waals surface area contributed by atoms with Crippen molar-refractivity contribution in [2.45, 2.75) is 33.1 Å². The maximum absolute atomic E-state index is 5.48. The van der Waals surface area contributed by atoms with Crippen LogP contribution in [0.3, 0.4) is 0 Å². The molecule has 1 unspecified atom stereocenters. The second-order valence-corrected chi connectivity index (χ2v) is 4.25. The van der Waals surface area contributed by atoms with Crippen LogP contribution in [0.15, 0.2) is 24.3 Å². The molecule has 1 aromatic rings. The quantitative estimate of drug-likeness (QED) is 0.496. The molecule has 0 bridgehead atoms. The normalized spacial score (nSPS) is 12.4. The molecule has 102 valence electrons. The van der Waals surface area contributed by atoms with Crippen LogP contribution in [-0.4, -0.2) is 26.6 Å². The van der Waals surface area contributed by atoms with Crippen LogP contribution in [0.2, 0.25) is 0 Å². The Morgan fingerprint density at radius 3 is 2.28 bits per heavy atom.